The molecule has 5 heteroatoms. The van der Waals surface area contributed by atoms with Gasteiger partial charge in [-0.2, -0.15) is 0 Å². The smallest absolute Gasteiger partial charge is 0.344 e. The van der Waals surface area contributed by atoms with Crippen molar-refractivity contribution in [3.8, 4) is 11.5 Å². The monoisotopic (exact) mass is 366 g/mol. The molecule has 0 spiro atoms. The van der Waals surface area contributed by atoms with Gasteiger partial charge in [0.25, 0.3) is 0 Å². The van der Waals surface area contributed by atoms with Crippen LogP contribution in [-0.2, 0) is 9.53 Å². The SMILES string of the molecule is Cc1cccc(C=C2Oc3cc(OCC(=O)OC(C)(C)C)ccc3C2=O)c1. The Bertz CT molecular complexity index is 919. The summed E-state index contributed by atoms with van der Waals surface area (Å²) in [5.74, 6) is 0.481. The van der Waals surface area contributed by atoms with Crippen LogP contribution in [0.3, 0.4) is 0 Å². The standard InChI is InChI=1S/C22H22O5/c1-14-6-5-7-15(10-14)11-19-21(24)17-9-8-16(12-18(17)26-19)25-13-20(23)27-22(2,3)4/h5-12H,13H2,1-4H3. The molecule has 0 atom stereocenters. The van der Waals surface area contributed by atoms with E-state index < -0.39 is 11.6 Å². The first kappa shape index (κ1) is 18.7. The maximum Gasteiger partial charge on any atom is 0.344 e. The highest BCUT2D eigenvalue weighted by molar-refractivity contribution is 6.14. The second-order valence-corrected chi connectivity index (χ2v) is 7.39. The zero-order chi connectivity index (χ0) is 19.6. The Morgan fingerprint density at radius 1 is 1.15 bits per heavy atom. The van der Waals surface area contributed by atoms with E-state index in [1.165, 1.54) is 0 Å². The average molecular weight is 366 g/mol. The number of Topliss-reactive ketones (excluding diaryl/α,β-unsaturated/α-hetero) is 1. The third-order valence-corrected chi connectivity index (χ3v) is 3.76. The van der Waals surface area contributed by atoms with Gasteiger partial charge in [0.15, 0.2) is 12.4 Å². The van der Waals surface area contributed by atoms with Crippen LogP contribution >= 0.6 is 0 Å². The quantitative estimate of drug-likeness (QED) is 0.595. The number of rotatable bonds is 4. The van der Waals surface area contributed by atoms with Gasteiger partial charge in [0.2, 0.25) is 5.78 Å². The summed E-state index contributed by atoms with van der Waals surface area (Å²) >= 11 is 0. The Labute approximate surface area is 158 Å². The number of hydrogen-bond acceptors (Lipinski definition) is 5. The number of esters is 1. The largest absolute Gasteiger partial charge is 0.482 e. The van der Waals surface area contributed by atoms with Crippen molar-refractivity contribution in [2.75, 3.05) is 6.61 Å². The minimum Gasteiger partial charge on any atom is -0.482 e. The van der Waals surface area contributed by atoms with Gasteiger partial charge in [-0.25, -0.2) is 4.79 Å². The third-order valence-electron chi connectivity index (χ3n) is 3.76. The van der Waals surface area contributed by atoms with Crippen molar-refractivity contribution in [2.45, 2.75) is 33.3 Å². The molecule has 0 fully saturated rings. The van der Waals surface area contributed by atoms with Gasteiger partial charge < -0.3 is 14.2 Å². The molecular weight excluding hydrogens is 344 g/mol. The number of hydrogen-bond donors (Lipinski definition) is 0. The summed E-state index contributed by atoms with van der Waals surface area (Å²) in [5.41, 5.74) is 1.90. The lowest BCUT2D eigenvalue weighted by molar-refractivity contribution is -0.157. The zero-order valence-electron chi connectivity index (χ0n) is 15.9. The number of fused-ring (bicyclic) bond motifs is 1. The number of benzene rings is 2. The van der Waals surface area contributed by atoms with E-state index in [0.717, 1.165) is 11.1 Å². The molecule has 3 rings (SSSR count). The predicted molar refractivity (Wildman–Crippen MR) is 102 cm³/mol. The third kappa shape index (κ3) is 4.76. The summed E-state index contributed by atoms with van der Waals surface area (Å²) in [6, 6.07) is 12.7. The van der Waals surface area contributed by atoms with Crippen molar-refractivity contribution in [1.82, 2.24) is 0 Å². The highest BCUT2D eigenvalue weighted by atomic mass is 16.6. The first-order valence-electron chi connectivity index (χ1n) is 8.71. The number of aryl methyl sites for hydroxylation is 1. The predicted octanol–water partition coefficient (Wildman–Crippen LogP) is 4.33. The van der Waals surface area contributed by atoms with Crippen molar-refractivity contribution in [1.29, 1.82) is 0 Å². The fourth-order valence-corrected chi connectivity index (χ4v) is 2.68. The Kier molecular flexibility index (Phi) is 5.04. The molecule has 27 heavy (non-hydrogen) atoms. The summed E-state index contributed by atoms with van der Waals surface area (Å²) < 4.78 is 16.4. The molecule has 2 aromatic rings. The summed E-state index contributed by atoms with van der Waals surface area (Å²) in [4.78, 5) is 24.3. The Morgan fingerprint density at radius 3 is 2.63 bits per heavy atom. The molecule has 0 aromatic heterocycles. The van der Waals surface area contributed by atoms with Gasteiger partial charge >= 0.3 is 5.97 Å². The molecule has 5 nitrogen and oxygen atoms in total. The lowest BCUT2D eigenvalue weighted by Gasteiger charge is -2.19. The fourth-order valence-electron chi connectivity index (χ4n) is 2.68. The van der Waals surface area contributed by atoms with Crippen LogP contribution in [0.15, 0.2) is 48.2 Å². The van der Waals surface area contributed by atoms with Crippen molar-refractivity contribution in [3.05, 3.63) is 64.9 Å². The van der Waals surface area contributed by atoms with E-state index in [9.17, 15) is 9.59 Å². The second-order valence-electron chi connectivity index (χ2n) is 7.39. The Balaban J connectivity index is 1.71. The van der Waals surface area contributed by atoms with Gasteiger partial charge in [0, 0.05) is 6.07 Å². The van der Waals surface area contributed by atoms with E-state index in [1.807, 2.05) is 31.2 Å². The van der Waals surface area contributed by atoms with E-state index in [4.69, 9.17) is 14.2 Å². The van der Waals surface area contributed by atoms with E-state index in [-0.39, 0.29) is 18.1 Å². The van der Waals surface area contributed by atoms with Gasteiger partial charge in [-0.1, -0.05) is 29.8 Å². The van der Waals surface area contributed by atoms with Gasteiger partial charge in [-0.05, 0) is 51.5 Å². The molecule has 1 heterocycles. The summed E-state index contributed by atoms with van der Waals surface area (Å²) in [7, 11) is 0. The van der Waals surface area contributed by atoms with Gasteiger partial charge in [-0.15, -0.1) is 0 Å². The van der Waals surface area contributed by atoms with Crippen molar-refractivity contribution in [3.63, 3.8) is 0 Å². The molecule has 0 aliphatic carbocycles. The normalized spacial score (nSPS) is 14.7. The molecule has 0 unspecified atom stereocenters. The molecule has 140 valence electrons. The summed E-state index contributed by atoms with van der Waals surface area (Å²) in [6.45, 7) is 7.16. The van der Waals surface area contributed by atoms with Crippen molar-refractivity contribution < 1.29 is 23.8 Å². The lowest BCUT2D eigenvalue weighted by Crippen LogP contribution is -2.27. The van der Waals surface area contributed by atoms with Crippen LogP contribution in [-0.4, -0.2) is 24.0 Å². The maximum atomic E-state index is 12.5. The van der Waals surface area contributed by atoms with Gasteiger partial charge in [0.1, 0.15) is 17.1 Å². The Hall–Kier alpha value is -3.08. The number of ketones is 1. The minimum atomic E-state index is -0.566. The van der Waals surface area contributed by atoms with Crippen LogP contribution in [0.4, 0.5) is 0 Å². The first-order chi connectivity index (χ1) is 12.7. The highest BCUT2D eigenvalue weighted by Crippen LogP contribution is 2.35. The van der Waals surface area contributed by atoms with Crippen LogP contribution < -0.4 is 9.47 Å². The van der Waals surface area contributed by atoms with Crippen molar-refractivity contribution >= 4 is 17.8 Å². The van der Waals surface area contributed by atoms with Crippen LogP contribution in [0.25, 0.3) is 6.08 Å². The number of carbonyl (C=O) groups excluding carboxylic acids is 2. The summed E-state index contributed by atoms with van der Waals surface area (Å²) in [5, 5.41) is 0. The minimum absolute atomic E-state index is 0.176. The average Bonchev–Trinajstić information content (AvgIpc) is 2.87. The topological polar surface area (TPSA) is 61.8 Å². The summed E-state index contributed by atoms with van der Waals surface area (Å²) in [6.07, 6.45) is 1.72. The van der Waals surface area contributed by atoms with E-state index >= 15 is 0 Å². The second kappa shape index (κ2) is 7.27. The molecular formula is C22H22O5. The Morgan fingerprint density at radius 2 is 1.93 bits per heavy atom. The number of carbonyl (C=O) groups is 2. The van der Waals surface area contributed by atoms with Crippen LogP contribution in [0.5, 0.6) is 11.5 Å². The number of ether oxygens (including phenoxy) is 3. The van der Waals surface area contributed by atoms with Crippen molar-refractivity contribution in [2.24, 2.45) is 0 Å². The molecule has 0 saturated carbocycles. The van der Waals surface area contributed by atoms with Gasteiger partial charge in [-0.3, -0.25) is 4.79 Å². The molecule has 0 amide bonds. The zero-order valence-corrected chi connectivity index (χ0v) is 15.9. The van der Waals surface area contributed by atoms with Crippen LogP contribution in [0.2, 0.25) is 0 Å². The molecule has 0 N–H and O–H groups in total. The molecule has 0 radical (unpaired) electrons. The number of allylic oxidation sites excluding steroid dienone is 1. The molecule has 2 aromatic carbocycles. The van der Waals surface area contributed by atoms with E-state index in [0.29, 0.717) is 17.1 Å². The highest BCUT2D eigenvalue weighted by Gasteiger charge is 2.28. The molecule has 0 saturated heterocycles. The first-order valence-corrected chi connectivity index (χ1v) is 8.71. The molecule has 0 bridgehead atoms. The van der Waals surface area contributed by atoms with Crippen LogP contribution in [0.1, 0.15) is 42.3 Å². The van der Waals surface area contributed by atoms with E-state index in [1.54, 1.807) is 45.0 Å². The fraction of sp³-hybridized carbons (Fsp3) is 0.273. The van der Waals surface area contributed by atoms with Gasteiger partial charge in [0.05, 0.1) is 5.56 Å². The molecule has 1 aliphatic rings. The lowest BCUT2D eigenvalue weighted by atomic mass is 10.1. The maximum absolute atomic E-state index is 12.5. The van der Waals surface area contributed by atoms with E-state index in [2.05, 4.69) is 0 Å². The van der Waals surface area contributed by atoms with Crippen LogP contribution in [0, 0.1) is 6.92 Å². The molecule has 1 aliphatic heterocycles.